The Labute approximate surface area is 262 Å². The minimum atomic E-state index is -0.196. The van der Waals surface area contributed by atoms with E-state index in [2.05, 4.69) is 12.1 Å². The van der Waals surface area contributed by atoms with E-state index in [0.29, 0.717) is 37.1 Å². The summed E-state index contributed by atoms with van der Waals surface area (Å²) in [6, 6.07) is 29.4. The standard InChI is InChI=1S/C37H37N3O5/c1-3-43-34(41)23-26-17-19-29(20-18-26)30-15-10-16-31-35(30)39(2)37(42)40(31)32-21-22-33(44-24-27-11-6-4-7-12-27)38-36(32)45-25-28-13-8-5-9-14-28/h4-16,19,21-22,26H,3,17-18,20,23-25H2,1-2H3. The molecular formula is C37H37N3O5. The van der Waals surface area contributed by atoms with Gasteiger partial charge >= 0.3 is 11.7 Å². The van der Waals surface area contributed by atoms with Crippen LogP contribution >= 0.6 is 0 Å². The lowest BCUT2D eigenvalue weighted by molar-refractivity contribution is -0.144. The number of esters is 1. The Morgan fingerprint density at radius 3 is 2.27 bits per heavy atom. The predicted molar refractivity (Wildman–Crippen MR) is 174 cm³/mol. The number of nitrogens with zero attached hydrogens (tertiary/aromatic N) is 3. The molecule has 0 saturated carbocycles. The molecule has 230 valence electrons. The molecule has 3 aromatic carbocycles. The molecular weight excluding hydrogens is 566 g/mol. The van der Waals surface area contributed by atoms with Crippen LogP contribution in [0.25, 0.3) is 22.3 Å². The van der Waals surface area contributed by atoms with Crippen molar-refractivity contribution in [1.82, 2.24) is 14.1 Å². The van der Waals surface area contributed by atoms with Gasteiger partial charge in [-0.1, -0.05) is 78.9 Å². The summed E-state index contributed by atoms with van der Waals surface area (Å²) >= 11 is 0. The van der Waals surface area contributed by atoms with E-state index in [1.807, 2.05) is 85.8 Å². The quantitative estimate of drug-likeness (QED) is 0.151. The molecule has 5 aromatic rings. The van der Waals surface area contributed by atoms with E-state index in [-0.39, 0.29) is 24.2 Å². The van der Waals surface area contributed by atoms with Crippen LogP contribution in [-0.4, -0.2) is 26.7 Å². The Balaban J connectivity index is 1.35. The van der Waals surface area contributed by atoms with E-state index in [4.69, 9.17) is 19.2 Å². The van der Waals surface area contributed by atoms with Crippen LogP contribution in [0.4, 0.5) is 0 Å². The number of allylic oxidation sites excluding steroid dienone is 2. The van der Waals surface area contributed by atoms with Crippen molar-refractivity contribution >= 4 is 22.6 Å². The van der Waals surface area contributed by atoms with Gasteiger partial charge < -0.3 is 14.2 Å². The van der Waals surface area contributed by atoms with Crippen molar-refractivity contribution in [2.24, 2.45) is 13.0 Å². The van der Waals surface area contributed by atoms with Crippen LogP contribution < -0.4 is 15.2 Å². The number of carbonyl (C=O) groups excluding carboxylic acids is 1. The summed E-state index contributed by atoms with van der Waals surface area (Å²) in [5.74, 6) is 0.835. The summed E-state index contributed by atoms with van der Waals surface area (Å²) in [6.45, 7) is 2.88. The molecule has 1 aliphatic rings. The Kier molecular flexibility index (Phi) is 9.10. The first-order valence-corrected chi connectivity index (χ1v) is 15.4. The average Bonchev–Trinajstić information content (AvgIpc) is 3.33. The third kappa shape index (κ3) is 6.70. The van der Waals surface area contributed by atoms with Crippen LogP contribution in [0.2, 0.25) is 0 Å². The fourth-order valence-corrected chi connectivity index (χ4v) is 5.91. The minimum Gasteiger partial charge on any atom is -0.473 e. The zero-order chi connectivity index (χ0) is 31.2. The number of aromatic nitrogens is 3. The van der Waals surface area contributed by atoms with Gasteiger partial charge in [0.25, 0.3) is 0 Å². The molecule has 0 aliphatic heterocycles. The molecule has 45 heavy (non-hydrogen) atoms. The van der Waals surface area contributed by atoms with Crippen LogP contribution in [0.15, 0.2) is 102 Å². The van der Waals surface area contributed by atoms with Gasteiger partial charge in [-0.15, -0.1) is 0 Å². The number of benzene rings is 3. The number of pyridine rings is 1. The van der Waals surface area contributed by atoms with Crippen LogP contribution in [-0.2, 0) is 29.8 Å². The van der Waals surface area contributed by atoms with Gasteiger partial charge in [0.05, 0.1) is 17.6 Å². The lowest BCUT2D eigenvalue weighted by Crippen LogP contribution is -2.22. The molecule has 1 unspecified atom stereocenters. The van der Waals surface area contributed by atoms with Gasteiger partial charge in [-0.3, -0.25) is 13.9 Å². The molecule has 2 aromatic heterocycles. The van der Waals surface area contributed by atoms with Crippen LogP contribution in [0, 0.1) is 5.92 Å². The first kappa shape index (κ1) is 29.9. The molecule has 1 atom stereocenters. The molecule has 0 fully saturated rings. The summed E-state index contributed by atoms with van der Waals surface area (Å²) in [5.41, 5.74) is 6.15. The van der Waals surface area contributed by atoms with Gasteiger partial charge in [-0.25, -0.2) is 4.79 Å². The van der Waals surface area contributed by atoms with Crippen molar-refractivity contribution in [3.63, 3.8) is 0 Å². The highest BCUT2D eigenvalue weighted by Gasteiger charge is 2.24. The Morgan fingerprint density at radius 1 is 0.889 bits per heavy atom. The van der Waals surface area contributed by atoms with Crippen molar-refractivity contribution < 1.29 is 19.0 Å². The SMILES string of the molecule is CCOC(=O)CC1CC=C(c2cccc3c2n(C)c(=O)n3-c2ccc(OCc3ccccc3)nc2OCc2ccccc2)CC1. The van der Waals surface area contributed by atoms with Gasteiger partial charge in [-0.2, -0.15) is 4.98 Å². The predicted octanol–water partition coefficient (Wildman–Crippen LogP) is 7.02. The summed E-state index contributed by atoms with van der Waals surface area (Å²) in [5, 5.41) is 0. The lowest BCUT2D eigenvalue weighted by Gasteiger charge is -2.22. The summed E-state index contributed by atoms with van der Waals surface area (Å²) in [7, 11) is 1.80. The van der Waals surface area contributed by atoms with Gasteiger partial charge in [0, 0.05) is 25.1 Å². The molecule has 8 heteroatoms. The Morgan fingerprint density at radius 2 is 1.60 bits per heavy atom. The number of imidazole rings is 1. The zero-order valence-electron chi connectivity index (χ0n) is 25.6. The van der Waals surface area contributed by atoms with Gasteiger partial charge in [-0.05, 0) is 60.9 Å². The number of aryl methyl sites for hydroxylation is 1. The first-order chi connectivity index (χ1) is 22.0. The molecule has 0 spiro atoms. The Bertz CT molecular complexity index is 1880. The van der Waals surface area contributed by atoms with Crippen molar-refractivity contribution in [2.45, 2.75) is 45.8 Å². The number of fused-ring (bicyclic) bond motifs is 1. The van der Waals surface area contributed by atoms with Crippen molar-refractivity contribution in [3.05, 3.63) is 124 Å². The number of para-hydroxylation sites is 1. The van der Waals surface area contributed by atoms with Crippen molar-refractivity contribution in [1.29, 1.82) is 0 Å². The van der Waals surface area contributed by atoms with E-state index in [1.165, 1.54) is 5.57 Å². The maximum Gasteiger partial charge on any atom is 0.333 e. The van der Waals surface area contributed by atoms with Crippen LogP contribution in [0.5, 0.6) is 11.8 Å². The van der Waals surface area contributed by atoms with E-state index in [9.17, 15) is 9.59 Å². The number of hydrogen-bond donors (Lipinski definition) is 0. The number of rotatable bonds is 11. The van der Waals surface area contributed by atoms with Gasteiger partial charge in [0.15, 0.2) is 0 Å². The normalized spacial score (nSPS) is 14.6. The monoisotopic (exact) mass is 603 g/mol. The number of ether oxygens (including phenoxy) is 3. The molecule has 0 N–H and O–H groups in total. The highest BCUT2D eigenvalue weighted by molar-refractivity contribution is 5.91. The molecule has 6 rings (SSSR count). The topological polar surface area (TPSA) is 84.6 Å². The second kappa shape index (κ2) is 13.7. The largest absolute Gasteiger partial charge is 0.473 e. The zero-order valence-corrected chi connectivity index (χ0v) is 25.6. The minimum absolute atomic E-state index is 0.142. The van der Waals surface area contributed by atoms with Crippen molar-refractivity contribution in [3.8, 4) is 17.4 Å². The summed E-state index contributed by atoms with van der Waals surface area (Å²) in [4.78, 5) is 30.7. The van der Waals surface area contributed by atoms with Crippen LogP contribution in [0.3, 0.4) is 0 Å². The first-order valence-electron chi connectivity index (χ1n) is 15.4. The Hall–Kier alpha value is -5.11. The van der Waals surface area contributed by atoms with Crippen molar-refractivity contribution in [2.75, 3.05) is 6.61 Å². The number of hydrogen-bond acceptors (Lipinski definition) is 6. The highest BCUT2D eigenvalue weighted by atomic mass is 16.5. The highest BCUT2D eigenvalue weighted by Crippen LogP contribution is 2.36. The maximum atomic E-state index is 13.9. The molecule has 0 saturated heterocycles. The van der Waals surface area contributed by atoms with Gasteiger partial charge in [0.2, 0.25) is 11.8 Å². The average molecular weight is 604 g/mol. The lowest BCUT2D eigenvalue weighted by atomic mass is 9.84. The van der Waals surface area contributed by atoms with E-state index in [0.717, 1.165) is 47.0 Å². The van der Waals surface area contributed by atoms with E-state index < -0.39 is 0 Å². The van der Waals surface area contributed by atoms with Gasteiger partial charge in [0.1, 0.15) is 18.9 Å². The third-order valence-corrected chi connectivity index (χ3v) is 8.20. The summed E-state index contributed by atoms with van der Waals surface area (Å²) < 4.78 is 20.8. The second-order valence-electron chi connectivity index (χ2n) is 11.3. The molecule has 2 heterocycles. The summed E-state index contributed by atoms with van der Waals surface area (Å²) in [6.07, 6.45) is 5.15. The molecule has 0 bridgehead atoms. The van der Waals surface area contributed by atoms with E-state index >= 15 is 0 Å². The number of carbonyl (C=O) groups is 1. The van der Waals surface area contributed by atoms with Crippen LogP contribution in [0.1, 0.15) is 49.3 Å². The third-order valence-electron chi connectivity index (χ3n) is 8.20. The molecule has 1 aliphatic carbocycles. The maximum absolute atomic E-state index is 13.9. The second-order valence-corrected chi connectivity index (χ2v) is 11.3. The fourth-order valence-electron chi connectivity index (χ4n) is 5.91. The van der Waals surface area contributed by atoms with E-state index in [1.54, 1.807) is 22.2 Å². The smallest absolute Gasteiger partial charge is 0.333 e. The molecule has 0 radical (unpaired) electrons. The molecule has 0 amide bonds. The molecule has 8 nitrogen and oxygen atoms in total. The fraction of sp³-hybridized carbons (Fsp3) is 0.270.